The van der Waals surface area contributed by atoms with Crippen LogP contribution in [0.3, 0.4) is 0 Å². The molecule has 0 saturated carbocycles. The fourth-order valence-corrected chi connectivity index (χ4v) is 1.93. The lowest BCUT2D eigenvalue weighted by atomic mass is 10.1. The van der Waals surface area contributed by atoms with E-state index in [1.807, 2.05) is 39.0 Å². The molecule has 0 fully saturated rings. The van der Waals surface area contributed by atoms with E-state index in [4.69, 9.17) is 5.26 Å². The maximum absolute atomic E-state index is 9.07. The molecular formula is C15H15N3. The van der Waals surface area contributed by atoms with Gasteiger partial charge in [-0.05, 0) is 56.2 Å². The molecule has 0 radical (unpaired) electrons. The highest BCUT2D eigenvalue weighted by Crippen LogP contribution is 2.21. The molecular weight excluding hydrogens is 222 g/mol. The maximum atomic E-state index is 9.07. The van der Waals surface area contributed by atoms with Gasteiger partial charge >= 0.3 is 0 Å². The Bertz CT molecular complexity index is 604. The van der Waals surface area contributed by atoms with Crippen LogP contribution in [0.4, 0.5) is 11.5 Å². The first kappa shape index (κ1) is 12.1. The van der Waals surface area contributed by atoms with Gasteiger partial charge in [0.1, 0.15) is 11.9 Å². The molecule has 1 aromatic heterocycles. The van der Waals surface area contributed by atoms with Crippen molar-refractivity contribution in [2.75, 3.05) is 5.32 Å². The summed E-state index contributed by atoms with van der Waals surface area (Å²) < 4.78 is 0. The fourth-order valence-electron chi connectivity index (χ4n) is 1.93. The average Bonchev–Trinajstić information content (AvgIpc) is 2.27. The third-order valence-electron chi connectivity index (χ3n) is 2.64. The lowest BCUT2D eigenvalue weighted by molar-refractivity contribution is 1.18. The van der Waals surface area contributed by atoms with E-state index < -0.39 is 0 Å². The summed E-state index contributed by atoms with van der Waals surface area (Å²) >= 11 is 0. The molecule has 2 rings (SSSR count). The minimum absolute atomic E-state index is 0.555. The van der Waals surface area contributed by atoms with Gasteiger partial charge < -0.3 is 5.32 Å². The highest BCUT2D eigenvalue weighted by molar-refractivity contribution is 5.64. The number of hydrogen-bond donors (Lipinski definition) is 1. The van der Waals surface area contributed by atoms with Crippen molar-refractivity contribution in [3.8, 4) is 6.07 Å². The number of nitriles is 1. The van der Waals surface area contributed by atoms with Crippen LogP contribution in [-0.4, -0.2) is 4.98 Å². The van der Waals surface area contributed by atoms with Crippen LogP contribution < -0.4 is 5.32 Å². The molecule has 18 heavy (non-hydrogen) atoms. The summed E-state index contributed by atoms with van der Waals surface area (Å²) in [6.45, 7) is 6.01. The van der Waals surface area contributed by atoms with Crippen LogP contribution in [-0.2, 0) is 0 Å². The lowest BCUT2D eigenvalue weighted by Gasteiger charge is -2.09. The highest BCUT2D eigenvalue weighted by Gasteiger charge is 2.05. The van der Waals surface area contributed by atoms with Gasteiger partial charge in [0, 0.05) is 11.4 Å². The maximum Gasteiger partial charge on any atom is 0.148 e. The van der Waals surface area contributed by atoms with E-state index in [2.05, 4.69) is 22.4 Å². The van der Waals surface area contributed by atoms with Crippen LogP contribution in [0.2, 0.25) is 0 Å². The van der Waals surface area contributed by atoms with Gasteiger partial charge in [-0.15, -0.1) is 0 Å². The smallest absolute Gasteiger partial charge is 0.148 e. The van der Waals surface area contributed by atoms with Gasteiger partial charge in [0.2, 0.25) is 0 Å². The molecule has 2 aromatic rings. The van der Waals surface area contributed by atoms with E-state index in [0.29, 0.717) is 11.4 Å². The SMILES string of the molecule is Cc1cc(C)cc(Nc2nc(C)ccc2C#N)c1. The zero-order chi connectivity index (χ0) is 13.1. The summed E-state index contributed by atoms with van der Waals surface area (Å²) in [6.07, 6.45) is 0. The van der Waals surface area contributed by atoms with Crippen molar-refractivity contribution in [3.63, 3.8) is 0 Å². The Morgan fingerprint density at radius 3 is 2.33 bits per heavy atom. The number of benzene rings is 1. The standard InChI is InChI=1S/C15H15N3/c1-10-6-11(2)8-14(7-10)18-15-13(9-16)5-4-12(3)17-15/h4-8H,1-3H3,(H,17,18). The topological polar surface area (TPSA) is 48.7 Å². The lowest BCUT2D eigenvalue weighted by Crippen LogP contribution is -1.99. The van der Waals surface area contributed by atoms with Crippen molar-refractivity contribution in [1.82, 2.24) is 4.98 Å². The minimum Gasteiger partial charge on any atom is -0.339 e. The Morgan fingerprint density at radius 1 is 1.06 bits per heavy atom. The number of nitrogens with one attached hydrogen (secondary N) is 1. The molecule has 0 unspecified atom stereocenters. The Balaban J connectivity index is 2.39. The van der Waals surface area contributed by atoms with Crippen molar-refractivity contribution < 1.29 is 0 Å². The van der Waals surface area contributed by atoms with Gasteiger partial charge in [0.05, 0.1) is 5.56 Å². The second kappa shape index (κ2) is 4.89. The molecule has 1 aromatic carbocycles. The quantitative estimate of drug-likeness (QED) is 0.867. The molecule has 0 bridgehead atoms. The molecule has 90 valence electrons. The summed E-state index contributed by atoms with van der Waals surface area (Å²) in [4.78, 5) is 4.36. The molecule has 0 saturated heterocycles. The Labute approximate surface area is 107 Å². The average molecular weight is 237 g/mol. The van der Waals surface area contributed by atoms with E-state index in [0.717, 1.165) is 11.4 Å². The van der Waals surface area contributed by atoms with Crippen LogP contribution in [0.15, 0.2) is 30.3 Å². The summed E-state index contributed by atoms with van der Waals surface area (Å²) in [5.41, 5.74) is 4.77. The van der Waals surface area contributed by atoms with Crippen molar-refractivity contribution in [2.45, 2.75) is 20.8 Å². The molecule has 3 nitrogen and oxygen atoms in total. The number of nitrogens with zero attached hydrogens (tertiary/aromatic N) is 2. The van der Waals surface area contributed by atoms with Gasteiger partial charge in [0.25, 0.3) is 0 Å². The zero-order valence-corrected chi connectivity index (χ0v) is 10.8. The van der Waals surface area contributed by atoms with Crippen molar-refractivity contribution >= 4 is 11.5 Å². The minimum atomic E-state index is 0.555. The molecule has 1 heterocycles. The molecule has 0 aliphatic carbocycles. The molecule has 0 atom stereocenters. The highest BCUT2D eigenvalue weighted by atomic mass is 15.0. The number of pyridine rings is 1. The van der Waals surface area contributed by atoms with Gasteiger partial charge in [-0.25, -0.2) is 4.98 Å². The van der Waals surface area contributed by atoms with Crippen LogP contribution in [0, 0.1) is 32.1 Å². The number of anilines is 2. The summed E-state index contributed by atoms with van der Waals surface area (Å²) in [7, 11) is 0. The Kier molecular flexibility index (Phi) is 3.29. The van der Waals surface area contributed by atoms with Crippen molar-refractivity contribution in [3.05, 3.63) is 52.7 Å². The monoisotopic (exact) mass is 237 g/mol. The third kappa shape index (κ3) is 2.67. The molecule has 3 heteroatoms. The molecule has 1 N–H and O–H groups in total. The van der Waals surface area contributed by atoms with Gasteiger partial charge in [-0.3, -0.25) is 0 Å². The summed E-state index contributed by atoms with van der Waals surface area (Å²) in [5.74, 6) is 0.613. The first-order valence-electron chi connectivity index (χ1n) is 5.81. The van der Waals surface area contributed by atoms with Crippen LogP contribution in [0.25, 0.3) is 0 Å². The third-order valence-corrected chi connectivity index (χ3v) is 2.64. The number of hydrogen-bond acceptors (Lipinski definition) is 3. The number of aromatic nitrogens is 1. The molecule has 0 aliphatic rings. The summed E-state index contributed by atoms with van der Waals surface area (Å²) in [5, 5.41) is 12.3. The molecule has 0 amide bonds. The largest absolute Gasteiger partial charge is 0.339 e. The van der Waals surface area contributed by atoms with Gasteiger partial charge in [-0.2, -0.15) is 5.26 Å². The second-order valence-corrected chi connectivity index (χ2v) is 4.46. The molecule has 0 aliphatic heterocycles. The van der Waals surface area contributed by atoms with Crippen LogP contribution in [0.1, 0.15) is 22.4 Å². The van der Waals surface area contributed by atoms with Crippen molar-refractivity contribution in [1.29, 1.82) is 5.26 Å². The predicted octanol–water partition coefficient (Wildman–Crippen LogP) is 3.62. The van der Waals surface area contributed by atoms with Gasteiger partial charge in [-0.1, -0.05) is 6.07 Å². The first-order chi connectivity index (χ1) is 8.58. The number of aryl methyl sites for hydroxylation is 3. The van der Waals surface area contributed by atoms with E-state index in [1.165, 1.54) is 11.1 Å². The van der Waals surface area contributed by atoms with E-state index in [9.17, 15) is 0 Å². The fraction of sp³-hybridized carbons (Fsp3) is 0.200. The normalized spacial score (nSPS) is 9.89. The van der Waals surface area contributed by atoms with E-state index in [-0.39, 0.29) is 0 Å². The van der Waals surface area contributed by atoms with Crippen LogP contribution >= 0.6 is 0 Å². The summed E-state index contributed by atoms with van der Waals surface area (Å²) in [6, 6.07) is 12.0. The second-order valence-electron chi connectivity index (χ2n) is 4.46. The Hall–Kier alpha value is -2.34. The predicted molar refractivity (Wildman–Crippen MR) is 72.9 cm³/mol. The molecule has 0 spiro atoms. The first-order valence-corrected chi connectivity index (χ1v) is 5.81. The van der Waals surface area contributed by atoms with E-state index >= 15 is 0 Å². The van der Waals surface area contributed by atoms with Crippen LogP contribution in [0.5, 0.6) is 0 Å². The number of rotatable bonds is 2. The van der Waals surface area contributed by atoms with E-state index in [1.54, 1.807) is 6.07 Å². The zero-order valence-electron chi connectivity index (χ0n) is 10.8. The Morgan fingerprint density at radius 2 is 1.72 bits per heavy atom. The van der Waals surface area contributed by atoms with Gasteiger partial charge in [0.15, 0.2) is 0 Å². The van der Waals surface area contributed by atoms with Crippen molar-refractivity contribution in [2.24, 2.45) is 0 Å².